The van der Waals surface area contributed by atoms with Crippen LogP contribution in [0, 0.1) is 0 Å². The molecule has 0 saturated carbocycles. The van der Waals surface area contributed by atoms with Gasteiger partial charge in [-0.05, 0) is 35.2 Å². The van der Waals surface area contributed by atoms with E-state index in [2.05, 4.69) is 25.6 Å². The van der Waals surface area contributed by atoms with Crippen molar-refractivity contribution in [3.05, 3.63) is 34.3 Å². The van der Waals surface area contributed by atoms with Crippen molar-refractivity contribution in [2.45, 2.75) is 18.9 Å². The summed E-state index contributed by atoms with van der Waals surface area (Å²) in [6.07, 6.45) is 3.70. The zero-order chi connectivity index (χ0) is 9.80. The van der Waals surface area contributed by atoms with Crippen molar-refractivity contribution >= 4 is 23.1 Å². The third-order valence-electron chi connectivity index (χ3n) is 2.08. The maximum absolute atomic E-state index is 5.96. The first-order valence-electron chi connectivity index (χ1n) is 4.40. The third-order valence-corrected chi connectivity index (χ3v) is 3.31. The van der Waals surface area contributed by atoms with E-state index in [1.807, 2.05) is 0 Å². The quantitative estimate of drug-likeness (QED) is 0.868. The molecule has 74 valence electrons. The van der Waals surface area contributed by atoms with Gasteiger partial charge in [-0.2, -0.15) is 20.1 Å². The standard InChI is InChI=1S/C9H11N3S2/c10-8(9-5-11-14-12-9)2-1-7-3-4-13-6-7/h3-6,8H,1-2,10H2. The first kappa shape index (κ1) is 9.76. The van der Waals surface area contributed by atoms with Gasteiger partial charge in [0.05, 0.1) is 29.7 Å². The molecule has 3 nitrogen and oxygen atoms in total. The molecule has 0 saturated heterocycles. The zero-order valence-electron chi connectivity index (χ0n) is 7.59. The summed E-state index contributed by atoms with van der Waals surface area (Å²) < 4.78 is 8.07. The fourth-order valence-corrected chi connectivity index (χ4v) is 2.42. The molecule has 2 rings (SSSR count). The van der Waals surface area contributed by atoms with Gasteiger partial charge in [0.25, 0.3) is 0 Å². The Labute approximate surface area is 90.9 Å². The van der Waals surface area contributed by atoms with Crippen molar-refractivity contribution in [1.82, 2.24) is 8.75 Å². The Balaban J connectivity index is 1.87. The minimum atomic E-state index is 0.0219. The Bertz CT molecular complexity index is 355. The van der Waals surface area contributed by atoms with E-state index >= 15 is 0 Å². The average molecular weight is 225 g/mol. The molecule has 0 radical (unpaired) electrons. The van der Waals surface area contributed by atoms with Gasteiger partial charge in [0.2, 0.25) is 0 Å². The highest BCUT2D eigenvalue weighted by Gasteiger charge is 2.08. The fraction of sp³-hybridized carbons (Fsp3) is 0.333. The number of hydrogen-bond donors (Lipinski definition) is 1. The molecular formula is C9H11N3S2. The monoisotopic (exact) mass is 225 g/mol. The first-order valence-corrected chi connectivity index (χ1v) is 6.07. The van der Waals surface area contributed by atoms with Crippen LogP contribution in [-0.2, 0) is 6.42 Å². The van der Waals surface area contributed by atoms with E-state index in [0.29, 0.717) is 0 Å². The van der Waals surface area contributed by atoms with Gasteiger partial charge in [-0.1, -0.05) is 0 Å². The molecule has 2 aromatic heterocycles. The Morgan fingerprint density at radius 2 is 2.43 bits per heavy atom. The molecule has 2 heterocycles. The molecule has 0 fully saturated rings. The molecular weight excluding hydrogens is 214 g/mol. The summed E-state index contributed by atoms with van der Waals surface area (Å²) in [6.45, 7) is 0. The summed E-state index contributed by atoms with van der Waals surface area (Å²) in [7, 11) is 0. The molecule has 5 heteroatoms. The second-order valence-electron chi connectivity index (χ2n) is 3.11. The van der Waals surface area contributed by atoms with Crippen LogP contribution in [-0.4, -0.2) is 8.75 Å². The normalized spacial score (nSPS) is 12.9. The molecule has 2 N–H and O–H groups in total. The van der Waals surface area contributed by atoms with Crippen LogP contribution in [0.25, 0.3) is 0 Å². The lowest BCUT2D eigenvalue weighted by molar-refractivity contribution is 0.639. The van der Waals surface area contributed by atoms with Crippen molar-refractivity contribution in [3.63, 3.8) is 0 Å². The topological polar surface area (TPSA) is 51.8 Å². The predicted molar refractivity (Wildman–Crippen MR) is 59.5 cm³/mol. The van der Waals surface area contributed by atoms with Crippen LogP contribution in [0.1, 0.15) is 23.7 Å². The second kappa shape index (κ2) is 4.63. The highest BCUT2D eigenvalue weighted by Crippen LogP contribution is 2.16. The largest absolute Gasteiger partial charge is 0.323 e. The highest BCUT2D eigenvalue weighted by atomic mass is 32.1. The van der Waals surface area contributed by atoms with Gasteiger partial charge < -0.3 is 5.73 Å². The molecule has 0 spiro atoms. The van der Waals surface area contributed by atoms with E-state index in [1.165, 1.54) is 17.3 Å². The molecule has 0 aliphatic carbocycles. The van der Waals surface area contributed by atoms with Crippen molar-refractivity contribution in [2.75, 3.05) is 0 Å². The van der Waals surface area contributed by atoms with Gasteiger partial charge in [0.1, 0.15) is 0 Å². The summed E-state index contributed by atoms with van der Waals surface area (Å²) in [4.78, 5) is 0. The predicted octanol–water partition coefficient (Wildman–Crippen LogP) is 2.23. The lowest BCUT2D eigenvalue weighted by Gasteiger charge is -2.06. The molecule has 2 aromatic rings. The molecule has 0 amide bonds. The minimum absolute atomic E-state index is 0.0219. The molecule has 0 aromatic carbocycles. The Kier molecular flexibility index (Phi) is 3.23. The first-order chi connectivity index (χ1) is 6.86. The van der Waals surface area contributed by atoms with Crippen LogP contribution in [0.2, 0.25) is 0 Å². The van der Waals surface area contributed by atoms with Gasteiger partial charge >= 0.3 is 0 Å². The van der Waals surface area contributed by atoms with Crippen molar-refractivity contribution in [3.8, 4) is 0 Å². The van der Waals surface area contributed by atoms with E-state index in [0.717, 1.165) is 18.5 Å². The van der Waals surface area contributed by atoms with Crippen LogP contribution in [0.15, 0.2) is 23.0 Å². The number of nitrogens with zero attached hydrogens (tertiary/aromatic N) is 2. The minimum Gasteiger partial charge on any atom is -0.323 e. The lowest BCUT2D eigenvalue weighted by atomic mass is 10.1. The summed E-state index contributed by atoms with van der Waals surface area (Å²) in [5.41, 5.74) is 8.23. The van der Waals surface area contributed by atoms with Crippen molar-refractivity contribution in [1.29, 1.82) is 0 Å². The van der Waals surface area contributed by atoms with Crippen LogP contribution < -0.4 is 5.73 Å². The second-order valence-corrected chi connectivity index (χ2v) is 4.45. The van der Waals surface area contributed by atoms with E-state index in [-0.39, 0.29) is 6.04 Å². The smallest absolute Gasteiger partial charge is 0.0910 e. The maximum atomic E-state index is 5.96. The van der Waals surface area contributed by atoms with Crippen molar-refractivity contribution < 1.29 is 0 Å². The summed E-state index contributed by atoms with van der Waals surface area (Å²) in [5, 5.41) is 4.25. The van der Waals surface area contributed by atoms with Gasteiger partial charge in [-0.25, -0.2) is 0 Å². The van der Waals surface area contributed by atoms with E-state index in [4.69, 9.17) is 5.73 Å². The van der Waals surface area contributed by atoms with Crippen LogP contribution in [0.4, 0.5) is 0 Å². The van der Waals surface area contributed by atoms with Crippen LogP contribution >= 0.6 is 23.1 Å². The number of rotatable bonds is 4. The molecule has 0 aliphatic rings. The molecule has 0 aliphatic heterocycles. The third kappa shape index (κ3) is 2.37. The molecule has 0 bridgehead atoms. The Hall–Kier alpha value is -0.780. The molecule has 1 atom stereocenters. The number of nitrogens with two attached hydrogens (primary N) is 1. The van der Waals surface area contributed by atoms with E-state index in [1.54, 1.807) is 17.5 Å². The maximum Gasteiger partial charge on any atom is 0.0910 e. The fourth-order valence-electron chi connectivity index (χ4n) is 1.24. The number of aryl methyl sites for hydroxylation is 1. The highest BCUT2D eigenvalue weighted by molar-refractivity contribution is 7.07. The van der Waals surface area contributed by atoms with Crippen molar-refractivity contribution in [2.24, 2.45) is 5.73 Å². The number of aromatic nitrogens is 2. The van der Waals surface area contributed by atoms with Gasteiger partial charge in [0.15, 0.2) is 0 Å². The average Bonchev–Trinajstić information content (AvgIpc) is 2.87. The molecule has 14 heavy (non-hydrogen) atoms. The number of hydrogen-bond acceptors (Lipinski definition) is 5. The number of thiophene rings is 1. The van der Waals surface area contributed by atoms with Gasteiger partial charge in [-0.3, -0.25) is 0 Å². The summed E-state index contributed by atoms with van der Waals surface area (Å²) >= 11 is 2.94. The van der Waals surface area contributed by atoms with Gasteiger partial charge in [0, 0.05) is 0 Å². The van der Waals surface area contributed by atoms with E-state index < -0.39 is 0 Å². The lowest BCUT2D eigenvalue weighted by Crippen LogP contribution is -2.11. The van der Waals surface area contributed by atoms with E-state index in [9.17, 15) is 0 Å². The Morgan fingerprint density at radius 1 is 1.50 bits per heavy atom. The van der Waals surface area contributed by atoms with Crippen LogP contribution in [0.5, 0.6) is 0 Å². The summed E-state index contributed by atoms with van der Waals surface area (Å²) in [5.74, 6) is 0. The zero-order valence-corrected chi connectivity index (χ0v) is 9.22. The summed E-state index contributed by atoms with van der Waals surface area (Å²) in [6, 6.07) is 2.16. The van der Waals surface area contributed by atoms with Crippen LogP contribution in [0.3, 0.4) is 0 Å². The molecule has 1 unspecified atom stereocenters. The SMILES string of the molecule is NC(CCc1ccsc1)c1cnsn1. The Morgan fingerprint density at radius 3 is 3.07 bits per heavy atom. The van der Waals surface area contributed by atoms with Gasteiger partial charge in [-0.15, -0.1) is 0 Å².